The molecule has 5 nitrogen and oxygen atoms in total. The first-order valence-electron chi connectivity index (χ1n) is 7.22. The van der Waals surface area contributed by atoms with Gasteiger partial charge in [0.1, 0.15) is 22.6 Å². The number of nitrogens with zero attached hydrogens (tertiary/aromatic N) is 2. The lowest BCUT2D eigenvalue weighted by Crippen LogP contribution is -2.56. The maximum atomic E-state index is 13.7. The summed E-state index contributed by atoms with van der Waals surface area (Å²) < 4.78 is 94.7. The van der Waals surface area contributed by atoms with E-state index >= 15 is 0 Å². The molecule has 1 aromatic carbocycles. The van der Waals surface area contributed by atoms with Gasteiger partial charge in [-0.3, -0.25) is 0 Å². The summed E-state index contributed by atoms with van der Waals surface area (Å²) in [6.07, 6.45) is -4.56. The van der Waals surface area contributed by atoms with E-state index in [4.69, 9.17) is 4.74 Å². The second kappa shape index (κ2) is 6.47. The summed E-state index contributed by atoms with van der Waals surface area (Å²) in [6, 6.07) is 3.94. The lowest BCUT2D eigenvalue weighted by Gasteiger charge is -2.37. The van der Waals surface area contributed by atoms with Crippen LogP contribution in [0.1, 0.15) is 5.56 Å². The topological polar surface area (TPSA) is 59.5 Å². The molecule has 1 aromatic heterocycles. The van der Waals surface area contributed by atoms with Gasteiger partial charge >= 0.3 is 6.18 Å². The van der Waals surface area contributed by atoms with Crippen molar-refractivity contribution in [2.45, 2.75) is 17.2 Å². The summed E-state index contributed by atoms with van der Waals surface area (Å²) in [5.41, 5.74) is -0.936. The van der Waals surface area contributed by atoms with Crippen LogP contribution in [0.3, 0.4) is 0 Å². The van der Waals surface area contributed by atoms with E-state index in [0.29, 0.717) is 12.3 Å². The molecule has 0 aliphatic carbocycles. The zero-order valence-corrected chi connectivity index (χ0v) is 13.7. The maximum Gasteiger partial charge on any atom is 0.417 e. The maximum absolute atomic E-state index is 13.7. The van der Waals surface area contributed by atoms with Crippen molar-refractivity contribution in [2.75, 3.05) is 13.1 Å². The van der Waals surface area contributed by atoms with Gasteiger partial charge in [0.25, 0.3) is 0 Å². The highest BCUT2D eigenvalue weighted by molar-refractivity contribution is 7.89. The van der Waals surface area contributed by atoms with Gasteiger partial charge in [0.15, 0.2) is 0 Å². The third-order valence-electron chi connectivity index (χ3n) is 3.68. The smallest absolute Gasteiger partial charge is 0.417 e. The normalized spacial score (nSPS) is 16.3. The summed E-state index contributed by atoms with van der Waals surface area (Å²) in [4.78, 5) is 2.86. The van der Waals surface area contributed by atoms with Crippen LogP contribution < -0.4 is 4.74 Å². The molecule has 1 aliphatic heterocycles. The molecule has 0 amide bonds. The predicted molar refractivity (Wildman–Crippen MR) is 78.8 cm³/mol. The van der Waals surface area contributed by atoms with Crippen LogP contribution in [-0.2, 0) is 16.2 Å². The second-order valence-electron chi connectivity index (χ2n) is 5.52. The zero-order chi connectivity index (χ0) is 19.1. The van der Waals surface area contributed by atoms with E-state index in [-0.39, 0.29) is 19.0 Å². The largest absolute Gasteiger partial charge is 0.472 e. The first kappa shape index (κ1) is 18.5. The van der Waals surface area contributed by atoms with E-state index in [2.05, 4.69) is 4.98 Å². The Kier molecular flexibility index (Phi) is 4.61. The van der Waals surface area contributed by atoms with Crippen LogP contribution in [0, 0.1) is 11.6 Å². The number of aromatic nitrogens is 1. The number of hydrogen-bond acceptors (Lipinski definition) is 4. The number of pyridine rings is 1. The fourth-order valence-electron chi connectivity index (χ4n) is 2.28. The van der Waals surface area contributed by atoms with E-state index < -0.39 is 44.4 Å². The van der Waals surface area contributed by atoms with Crippen molar-refractivity contribution in [1.29, 1.82) is 0 Å². The molecule has 2 heterocycles. The number of rotatable bonds is 4. The fourth-order valence-corrected chi connectivity index (χ4v) is 3.83. The van der Waals surface area contributed by atoms with Gasteiger partial charge in [0.05, 0.1) is 18.7 Å². The van der Waals surface area contributed by atoms with Crippen molar-refractivity contribution >= 4 is 10.0 Å². The molecule has 11 heteroatoms. The summed E-state index contributed by atoms with van der Waals surface area (Å²) in [5.74, 6) is -2.20. The summed E-state index contributed by atoms with van der Waals surface area (Å²) >= 11 is 0. The molecule has 3 rings (SSSR count). The first-order valence-corrected chi connectivity index (χ1v) is 8.66. The minimum atomic E-state index is -4.52. The molecule has 2 aromatic rings. The highest BCUT2D eigenvalue weighted by atomic mass is 32.2. The van der Waals surface area contributed by atoms with Crippen molar-refractivity contribution < 1.29 is 35.1 Å². The number of hydrogen-bond donors (Lipinski definition) is 0. The Balaban J connectivity index is 1.63. The monoisotopic (exact) mass is 394 g/mol. The van der Waals surface area contributed by atoms with Crippen LogP contribution in [0.5, 0.6) is 5.88 Å². The van der Waals surface area contributed by atoms with E-state index in [9.17, 15) is 30.4 Å². The second-order valence-corrected chi connectivity index (χ2v) is 7.43. The van der Waals surface area contributed by atoms with Gasteiger partial charge in [-0.2, -0.15) is 17.5 Å². The van der Waals surface area contributed by atoms with E-state index in [1.54, 1.807) is 0 Å². The average molecular weight is 394 g/mol. The van der Waals surface area contributed by atoms with Crippen molar-refractivity contribution in [3.05, 3.63) is 53.7 Å². The Morgan fingerprint density at radius 2 is 1.81 bits per heavy atom. The van der Waals surface area contributed by atoms with Crippen molar-refractivity contribution in [1.82, 2.24) is 9.29 Å². The summed E-state index contributed by atoms with van der Waals surface area (Å²) in [7, 11) is -4.16. The summed E-state index contributed by atoms with van der Waals surface area (Å²) in [5, 5.41) is 0. The third-order valence-corrected chi connectivity index (χ3v) is 5.54. The molecule has 140 valence electrons. The Bertz CT molecular complexity index is 910. The van der Waals surface area contributed by atoms with Gasteiger partial charge < -0.3 is 4.74 Å². The molecule has 0 unspecified atom stereocenters. The Morgan fingerprint density at radius 1 is 1.12 bits per heavy atom. The first-order chi connectivity index (χ1) is 12.1. The van der Waals surface area contributed by atoms with Gasteiger partial charge in [-0.1, -0.05) is 0 Å². The van der Waals surface area contributed by atoms with Crippen LogP contribution in [0.2, 0.25) is 0 Å². The molecule has 26 heavy (non-hydrogen) atoms. The Morgan fingerprint density at radius 3 is 2.35 bits per heavy atom. The number of halogens is 5. The molecule has 0 saturated carbocycles. The van der Waals surface area contributed by atoms with E-state index in [0.717, 1.165) is 28.6 Å². The van der Waals surface area contributed by atoms with Crippen LogP contribution in [0.15, 0.2) is 41.4 Å². The Hall–Kier alpha value is -2.27. The lowest BCUT2D eigenvalue weighted by atomic mass is 10.2. The van der Waals surface area contributed by atoms with Gasteiger partial charge in [-0.25, -0.2) is 22.2 Å². The van der Waals surface area contributed by atoms with Crippen LogP contribution in [0.4, 0.5) is 22.0 Å². The van der Waals surface area contributed by atoms with Crippen molar-refractivity contribution in [2.24, 2.45) is 0 Å². The molecular weight excluding hydrogens is 383 g/mol. The quantitative estimate of drug-likeness (QED) is 0.749. The molecule has 0 N–H and O–H groups in total. The zero-order valence-electron chi connectivity index (χ0n) is 12.9. The van der Waals surface area contributed by atoms with Gasteiger partial charge in [-0.05, 0) is 18.2 Å². The molecule has 0 radical (unpaired) electrons. The minimum absolute atomic E-state index is 0.0898. The molecule has 1 saturated heterocycles. The highest BCUT2D eigenvalue weighted by Crippen LogP contribution is 2.30. The summed E-state index contributed by atoms with van der Waals surface area (Å²) in [6.45, 7) is -0.274. The lowest BCUT2D eigenvalue weighted by molar-refractivity contribution is -0.137. The number of benzene rings is 1. The van der Waals surface area contributed by atoms with Crippen LogP contribution in [0.25, 0.3) is 0 Å². The van der Waals surface area contributed by atoms with E-state index in [1.807, 2.05) is 0 Å². The molecule has 0 bridgehead atoms. The molecule has 1 fully saturated rings. The van der Waals surface area contributed by atoms with Gasteiger partial charge in [0.2, 0.25) is 15.9 Å². The van der Waals surface area contributed by atoms with Gasteiger partial charge in [-0.15, -0.1) is 0 Å². The average Bonchev–Trinajstić information content (AvgIpc) is 2.49. The van der Waals surface area contributed by atoms with Crippen molar-refractivity contribution in [3.63, 3.8) is 0 Å². The predicted octanol–water partition coefficient (Wildman–Crippen LogP) is 2.83. The van der Waals surface area contributed by atoms with E-state index in [1.165, 1.54) is 0 Å². The molecule has 1 aliphatic rings. The number of sulfonamides is 1. The Labute approximate surface area is 145 Å². The molecular formula is C15H11F5N2O3S. The van der Waals surface area contributed by atoms with Crippen LogP contribution >= 0.6 is 0 Å². The number of alkyl halides is 3. The van der Waals surface area contributed by atoms with Crippen LogP contribution in [-0.4, -0.2) is 36.9 Å². The third kappa shape index (κ3) is 3.63. The highest BCUT2D eigenvalue weighted by Gasteiger charge is 2.39. The standard InChI is InChI=1S/C15H11F5N2O3S/c16-10-2-3-13(12(17)5-10)26(23,24)22-7-11(8-22)25-14-4-1-9(6-21-14)15(18,19)20/h1-6,11H,7-8H2. The fraction of sp³-hybridized carbons (Fsp3) is 0.267. The minimum Gasteiger partial charge on any atom is -0.472 e. The van der Waals surface area contributed by atoms with Crippen molar-refractivity contribution in [3.8, 4) is 5.88 Å². The molecule has 0 spiro atoms. The number of ether oxygens (including phenoxy) is 1. The SMILES string of the molecule is O=S(=O)(c1ccc(F)cc1F)N1CC(Oc2ccc(C(F)(F)F)cn2)C1. The van der Waals surface area contributed by atoms with Gasteiger partial charge in [0, 0.05) is 18.3 Å². The molecule has 0 atom stereocenters.